The number of benzene rings is 2. The molecule has 0 bridgehead atoms. The van der Waals surface area contributed by atoms with E-state index in [0.29, 0.717) is 0 Å². The van der Waals surface area contributed by atoms with Crippen LogP contribution in [0.15, 0.2) is 53.0 Å². The van der Waals surface area contributed by atoms with E-state index in [9.17, 15) is 0 Å². The number of thiazole rings is 1. The van der Waals surface area contributed by atoms with Crippen molar-refractivity contribution in [3.05, 3.63) is 62.9 Å². The molecule has 0 atom stereocenters. The minimum Gasteiger partial charge on any atom is -0.236 e. The average Bonchev–Trinajstić information content (AvgIpc) is 2.82. The third-order valence-electron chi connectivity index (χ3n) is 3.01. The van der Waals surface area contributed by atoms with Crippen LogP contribution in [0.25, 0.3) is 21.8 Å². The molecule has 0 N–H and O–H groups in total. The Kier molecular flexibility index (Phi) is 3.92. The zero-order chi connectivity index (χ0) is 14.1. The zero-order valence-electron chi connectivity index (χ0n) is 10.7. The number of rotatable bonds is 2. The van der Waals surface area contributed by atoms with Crippen molar-refractivity contribution in [2.24, 2.45) is 0 Å². The minimum atomic E-state index is 0.746. The highest BCUT2D eigenvalue weighted by Gasteiger charge is 2.11. The van der Waals surface area contributed by atoms with E-state index in [1.165, 1.54) is 4.88 Å². The van der Waals surface area contributed by atoms with E-state index in [0.717, 1.165) is 31.3 Å². The van der Waals surface area contributed by atoms with Gasteiger partial charge in [-0.2, -0.15) is 0 Å². The first kappa shape index (κ1) is 13.8. The topological polar surface area (TPSA) is 12.9 Å². The van der Waals surface area contributed by atoms with Crippen LogP contribution < -0.4 is 0 Å². The summed E-state index contributed by atoms with van der Waals surface area (Å²) in [7, 11) is 0. The molecule has 0 unspecified atom stereocenters. The number of aryl methyl sites for hydroxylation is 1. The van der Waals surface area contributed by atoms with E-state index in [1.807, 2.05) is 36.4 Å². The molecule has 3 aromatic rings. The Labute approximate surface area is 135 Å². The molecule has 0 aliphatic carbocycles. The maximum absolute atomic E-state index is 5.92. The Morgan fingerprint density at radius 2 is 1.55 bits per heavy atom. The molecule has 0 amide bonds. The van der Waals surface area contributed by atoms with Gasteiger partial charge in [0.1, 0.15) is 5.01 Å². The van der Waals surface area contributed by atoms with Crippen LogP contribution in [0, 0.1) is 6.92 Å². The molecule has 1 aromatic heterocycles. The fourth-order valence-electron chi connectivity index (χ4n) is 1.99. The Bertz CT molecular complexity index is 732. The van der Waals surface area contributed by atoms with E-state index >= 15 is 0 Å². The first-order valence-corrected chi connectivity index (χ1v) is 8.11. The molecule has 0 aliphatic heterocycles. The van der Waals surface area contributed by atoms with Crippen LogP contribution in [0.3, 0.4) is 0 Å². The summed E-state index contributed by atoms with van der Waals surface area (Å²) in [5, 5.41) is 1.77. The van der Waals surface area contributed by atoms with E-state index in [1.54, 1.807) is 11.3 Å². The van der Waals surface area contributed by atoms with Crippen LogP contribution in [0.4, 0.5) is 0 Å². The molecule has 1 heterocycles. The third kappa shape index (κ3) is 2.80. The highest BCUT2D eigenvalue weighted by atomic mass is 79.9. The zero-order valence-corrected chi connectivity index (χ0v) is 13.9. The van der Waals surface area contributed by atoms with Gasteiger partial charge in [-0.3, -0.25) is 0 Å². The Hall–Kier alpha value is -1.16. The number of hydrogen-bond donors (Lipinski definition) is 0. The van der Waals surface area contributed by atoms with Crippen LogP contribution in [-0.2, 0) is 0 Å². The van der Waals surface area contributed by atoms with Gasteiger partial charge in [0, 0.05) is 25.5 Å². The van der Waals surface area contributed by atoms with Crippen molar-refractivity contribution in [3.8, 4) is 21.8 Å². The summed E-state index contributed by atoms with van der Waals surface area (Å²) in [4.78, 5) is 5.99. The van der Waals surface area contributed by atoms with Crippen molar-refractivity contribution in [1.82, 2.24) is 4.98 Å². The Morgan fingerprint density at radius 3 is 2.20 bits per heavy atom. The van der Waals surface area contributed by atoms with Crippen molar-refractivity contribution < 1.29 is 0 Å². The van der Waals surface area contributed by atoms with Gasteiger partial charge in [0.25, 0.3) is 0 Å². The van der Waals surface area contributed by atoms with Gasteiger partial charge < -0.3 is 0 Å². The van der Waals surface area contributed by atoms with Crippen LogP contribution >= 0.6 is 38.9 Å². The maximum Gasteiger partial charge on any atom is 0.124 e. The van der Waals surface area contributed by atoms with Crippen molar-refractivity contribution in [2.45, 2.75) is 6.92 Å². The molecule has 2 aromatic carbocycles. The SMILES string of the molecule is Cc1sc(-c2ccc(Cl)cc2)nc1-c1ccc(Br)cc1. The molecular weight excluding hydrogens is 354 g/mol. The van der Waals surface area contributed by atoms with Crippen LogP contribution in [0.2, 0.25) is 5.02 Å². The highest BCUT2D eigenvalue weighted by molar-refractivity contribution is 9.10. The van der Waals surface area contributed by atoms with E-state index in [4.69, 9.17) is 16.6 Å². The van der Waals surface area contributed by atoms with Crippen LogP contribution in [0.5, 0.6) is 0 Å². The lowest BCUT2D eigenvalue weighted by Gasteiger charge is -1.99. The lowest BCUT2D eigenvalue weighted by molar-refractivity contribution is 1.37. The van der Waals surface area contributed by atoms with Gasteiger partial charge in [0.15, 0.2) is 0 Å². The Balaban J connectivity index is 2.02. The van der Waals surface area contributed by atoms with Gasteiger partial charge in [0.05, 0.1) is 5.69 Å². The molecule has 0 saturated carbocycles. The van der Waals surface area contributed by atoms with Gasteiger partial charge >= 0.3 is 0 Å². The van der Waals surface area contributed by atoms with Crippen molar-refractivity contribution in [3.63, 3.8) is 0 Å². The van der Waals surface area contributed by atoms with Crippen molar-refractivity contribution >= 4 is 38.9 Å². The molecule has 4 heteroatoms. The summed E-state index contributed by atoms with van der Waals surface area (Å²) in [5.41, 5.74) is 3.29. The van der Waals surface area contributed by atoms with Crippen molar-refractivity contribution in [1.29, 1.82) is 0 Å². The quantitative estimate of drug-likeness (QED) is 0.527. The first-order valence-electron chi connectivity index (χ1n) is 6.13. The molecule has 0 saturated heterocycles. The summed E-state index contributed by atoms with van der Waals surface area (Å²) in [6.07, 6.45) is 0. The molecule has 0 radical (unpaired) electrons. The largest absolute Gasteiger partial charge is 0.236 e. The first-order chi connectivity index (χ1) is 9.63. The maximum atomic E-state index is 5.92. The fourth-order valence-corrected chi connectivity index (χ4v) is 3.32. The molecular formula is C16H11BrClNS. The van der Waals surface area contributed by atoms with Crippen LogP contribution in [-0.4, -0.2) is 4.98 Å². The predicted molar refractivity (Wildman–Crippen MR) is 90.4 cm³/mol. The average molecular weight is 365 g/mol. The molecule has 20 heavy (non-hydrogen) atoms. The fraction of sp³-hybridized carbons (Fsp3) is 0.0625. The number of aromatic nitrogens is 1. The molecule has 1 nitrogen and oxygen atoms in total. The molecule has 0 aliphatic rings. The normalized spacial score (nSPS) is 10.8. The van der Waals surface area contributed by atoms with Gasteiger partial charge in [-0.25, -0.2) is 4.98 Å². The lowest BCUT2D eigenvalue weighted by atomic mass is 10.1. The summed E-state index contributed by atoms with van der Waals surface area (Å²) >= 11 is 11.1. The number of nitrogens with zero attached hydrogens (tertiary/aromatic N) is 1. The molecule has 0 spiro atoms. The van der Waals surface area contributed by atoms with Crippen LogP contribution in [0.1, 0.15) is 4.88 Å². The van der Waals surface area contributed by atoms with E-state index in [2.05, 4.69) is 35.0 Å². The second kappa shape index (κ2) is 5.68. The molecule has 3 rings (SSSR count). The van der Waals surface area contributed by atoms with E-state index < -0.39 is 0 Å². The van der Waals surface area contributed by atoms with Crippen molar-refractivity contribution in [2.75, 3.05) is 0 Å². The number of halogens is 2. The van der Waals surface area contributed by atoms with Gasteiger partial charge in [-0.05, 0) is 31.2 Å². The molecule has 100 valence electrons. The second-order valence-corrected chi connectivity index (χ2v) is 6.99. The molecule has 0 fully saturated rings. The van der Waals surface area contributed by atoms with Gasteiger partial charge in [0.2, 0.25) is 0 Å². The summed E-state index contributed by atoms with van der Waals surface area (Å²) < 4.78 is 1.08. The van der Waals surface area contributed by atoms with Gasteiger partial charge in [-0.1, -0.05) is 51.8 Å². The minimum absolute atomic E-state index is 0.746. The standard InChI is InChI=1S/C16H11BrClNS/c1-10-15(11-2-6-13(17)7-3-11)19-16(20-10)12-4-8-14(18)9-5-12/h2-9H,1H3. The Morgan fingerprint density at radius 1 is 0.950 bits per heavy atom. The van der Waals surface area contributed by atoms with E-state index in [-0.39, 0.29) is 0 Å². The lowest BCUT2D eigenvalue weighted by Crippen LogP contribution is -1.81. The second-order valence-electron chi connectivity index (χ2n) is 4.44. The smallest absolute Gasteiger partial charge is 0.124 e. The van der Waals surface area contributed by atoms with Gasteiger partial charge in [-0.15, -0.1) is 11.3 Å². The number of hydrogen-bond acceptors (Lipinski definition) is 2. The summed E-state index contributed by atoms with van der Waals surface area (Å²) in [5.74, 6) is 0. The third-order valence-corrected chi connectivity index (χ3v) is 4.81. The summed E-state index contributed by atoms with van der Waals surface area (Å²) in [6.45, 7) is 2.11. The predicted octanol–water partition coefficient (Wildman–Crippen LogP) is 6.20. The summed E-state index contributed by atoms with van der Waals surface area (Å²) in [6, 6.07) is 16.0. The monoisotopic (exact) mass is 363 g/mol. The highest BCUT2D eigenvalue weighted by Crippen LogP contribution is 2.34.